The lowest BCUT2D eigenvalue weighted by atomic mass is 10.1. The van der Waals surface area contributed by atoms with E-state index < -0.39 is 0 Å². The molecule has 0 fully saturated rings. The van der Waals surface area contributed by atoms with E-state index in [1.165, 1.54) is 11.1 Å². The van der Waals surface area contributed by atoms with Crippen LogP contribution >= 0.6 is 11.6 Å². The number of nitrogens with one attached hydrogen (secondary N) is 1. The number of hydrogen-bond donors (Lipinski definition) is 1. The average Bonchev–Trinajstić information content (AvgIpc) is 2.97. The maximum atomic E-state index is 5.94. The molecule has 3 nitrogen and oxygen atoms in total. The fraction of sp³-hybridized carbons (Fsp3) is 0.167. The molecule has 0 saturated heterocycles. The van der Waals surface area contributed by atoms with Crippen LogP contribution in [-0.2, 0) is 13.6 Å². The minimum Gasteiger partial charge on any atom is -0.336 e. The zero-order valence-corrected chi connectivity index (χ0v) is 13.2. The number of aryl methyl sites for hydroxylation is 1. The smallest absolute Gasteiger partial charge is 0.130 e. The molecule has 3 rings (SSSR count). The van der Waals surface area contributed by atoms with Crippen LogP contribution in [0, 0.1) is 0 Å². The lowest BCUT2D eigenvalue weighted by molar-refractivity contribution is 0.558. The predicted molar refractivity (Wildman–Crippen MR) is 89.8 cm³/mol. The predicted octanol–water partition coefficient (Wildman–Crippen LogP) is 3.95. The van der Waals surface area contributed by atoms with Crippen molar-refractivity contribution in [3.8, 4) is 0 Å². The van der Waals surface area contributed by atoms with Crippen molar-refractivity contribution in [3.63, 3.8) is 0 Å². The van der Waals surface area contributed by atoms with Crippen LogP contribution in [0.5, 0.6) is 0 Å². The number of rotatable bonds is 5. The van der Waals surface area contributed by atoms with Gasteiger partial charge in [-0.25, -0.2) is 4.98 Å². The van der Waals surface area contributed by atoms with Crippen molar-refractivity contribution in [3.05, 3.63) is 89.0 Å². The Morgan fingerprint density at radius 2 is 1.82 bits per heavy atom. The maximum Gasteiger partial charge on any atom is 0.130 e. The van der Waals surface area contributed by atoms with Gasteiger partial charge in [0.2, 0.25) is 0 Å². The number of hydrogen-bond acceptors (Lipinski definition) is 2. The molecule has 0 aliphatic heterocycles. The van der Waals surface area contributed by atoms with Crippen molar-refractivity contribution in [2.75, 3.05) is 0 Å². The van der Waals surface area contributed by atoms with Crippen LogP contribution in [0.25, 0.3) is 0 Å². The van der Waals surface area contributed by atoms with Crippen molar-refractivity contribution in [2.24, 2.45) is 7.05 Å². The van der Waals surface area contributed by atoms with Gasteiger partial charge >= 0.3 is 0 Å². The quantitative estimate of drug-likeness (QED) is 0.773. The molecule has 4 heteroatoms. The minimum atomic E-state index is 0.0527. The first kappa shape index (κ1) is 14.8. The van der Waals surface area contributed by atoms with E-state index in [2.05, 4.69) is 34.6 Å². The summed E-state index contributed by atoms with van der Waals surface area (Å²) in [7, 11) is 2.02. The minimum absolute atomic E-state index is 0.0527. The average molecular weight is 312 g/mol. The molecule has 0 aliphatic rings. The molecule has 1 aromatic heterocycles. The number of halogens is 1. The molecule has 0 amide bonds. The second-order valence-electron chi connectivity index (χ2n) is 5.25. The van der Waals surface area contributed by atoms with E-state index in [1.807, 2.05) is 54.3 Å². The summed E-state index contributed by atoms with van der Waals surface area (Å²) in [5.41, 5.74) is 2.39. The number of benzene rings is 2. The molecule has 0 radical (unpaired) electrons. The third-order valence-corrected chi connectivity index (χ3v) is 3.93. The Balaban J connectivity index is 1.83. The Labute approximate surface area is 135 Å². The Morgan fingerprint density at radius 3 is 2.45 bits per heavy atom. The van der Waals surface area contributed by atoms with E-state index in [9.17, 15) is 0 Å². The van der Waals surface area contributed by atoms with Crippen LogP contribution in [0.3, 0.4) is 0 Å². The van der Waals surface area contributed by atoms with Gasteiger partial charge < -0.3 is 4.57 Å². The van der Waals surface area contributed by atoms with Crippen molar-refractivity contribution in [2.45, 2.75) is 12.6 Å². The first-order valence-electron chi connectivity index (χ1n) is 7.24. The third-order valence-electron chi connectivity index (χ3n) is 3.67. The molecule has 2 aromatic carbocycles. The molecule has 0 spiro atoms. The molecular formula is C18H18ClN3. The highest BCUT2D eigenvalue weighted by molar-refractivity contribution is 6.30. The van der Waals surface area contributed by atoms with Crippen LogP contribution in [0.4, 0.5) is 0 Å². The molecule has 0 aliphatic carbocycles. The molecule has 22 heavy (non-hydrogen) atoms. The van der Waals surface area contributed by atoms with Crippen LogP contribution in [0.2, 0.25) is 5.02 Å². The van der Waals surface area contributed by atoms with E-state index in [1.54, 1.807) is 0 Å². The first-order chi connectivity index (χ1) is 10.7. The van der Waals surface area contributed by atoms with Gasteiger partial charge in [-0.05, 0) is 23.3 Å². The Morgan fingerprint density at radius 1 is 1.09 bits per heavy atom. The monoisotopic (exact) mass is 311 g/mol. The van der Waals surface area contributed by atoms with E-state index in [0.717, 1.165) is 17.4 Å². The molecular weight excluding hydrogens is 294 g/mol. The van der Waals surface area contributed by atoms with Gasteiger partial charge in [-0.15, -0.1) is 0 Å². The van der Waals surface area contributed by atoms with Gasteiger partial charge in [-0.1, -0.05) is 54.1 Å². The van der Waals surface area contributed by atoms with Gasteiger partial charge in [-0.2, -0.15) is 0 Å². The highest BCUT2D eigenvalue weighted by Gasteiger charge is 2.17. The molecule has 1 N–H and O–H groups in total. The summed E-state index contributed by atoms with van der Waals surface area (Å²) in [6.07, 6.45) is 3.80. The summed E-state index contributed by atoms with van der Waals surface area (Å²) in [6, 6.07) is 18.3. The third kappa shape index (κ3) is 3.38. The van der Waals surface area contributed by atoms with Crippen LogP contribution in [0.15, 0.2) is 67.0 Å². The van der Waals surface area contributed by atoms with E-state index >= 15 is 0 Å². The second kappa shape index (κ2) is 6.77. The normalized spacial score (nSPS) is 12.3. The van der Waals surface area contributed by atoms with Crippen LogP contribution in [0.1, 0.15) is 23.0 Å². The van der Waals surface area contributed by atoms with Crippen molar-refractivity contribution >= 4 is 11.6 Å². The number of aromatic nitrogens is 2. The Hall–Kier alpha value is -2.10. The topological polar surface area (TPSA) is 29.9 Å². The van der Waals surface area contributed by atoms with Crippen molar-refractivity contribution < 1.29 is 0 Å². The summed E-state index contributed by atoms with van der Waals surface area (Å²) in [6.45, 7) is 0.754. The molecule has 1 unspecified atom stereocenters. The highest BCUT2D eigenvalue weighted by Crippen LogP contribution is 2.21. The fourth-order valence-corrected chi connectivity index (χ4v) is 2.61. The lowest BCUT2D eigenvalue weighted by Gasteiger charge is -2.19. The van der Waals surface area contributed by atoms with Gasteiger partial charge in [-0.3, -0.25) is 5.32 Å². The van der Waals surface area contributed by atoms with Gasteiger partial charge in [0, 0.05) is 31.0 Å². The van der Waals surface area contributed by atoms with Gasteiger partial charge in [0.25, 0.3) is 0 Å². The van der Waals surface area contributed by atoms with E-state index in [0.29, 0.717) is 0 Å². The van der Waals surface area contributed by atoms with Gasteiger partial charge in [0.1, 0.15) is 5.82 Å². The van der Waals surface area contributed by atoms with Gasteiger partial charge in [0.15, 0.2) is 0 Å². The summed E-state index contributed by atoms with van der Waals surface area (Å²) in [5.74, 6) is 1.00. The van der Waals surface area contributed by atoms with Crippen LogP contribution < -0.4 is 5.32 Å². The standard InChI is InChI=1S/C18H18ClN3/c1-22-12-11-20-18(22)17(15-5-3-2-4-6-15)21-13-14-7-9-16(19)10-8-14/h2-12,17,21H,13H2,1H3. The molecule has 3 aromatic rings. The number of imidazole rings is 1. The molecule has 0 bridgehead atoms. The molecule has 1 atom stereocenters. The lowest BCUT2D eigenvalue weighted by Crippen LogP contribution is -2.24. The number of nitrogens with zero attached hydrogens (tertiary/aromatic N) is 2. The zero-order valence-electron chi connectivity index (χ0n) is 12.4. The van der Waals surface area contributed by atoms with Crippen molar-refractivity contribution in [1.82, 2.24) is 14.9 Å². The summed E-state index contributed by atoms with van der Waals surface area (Å²) >= 11 is 5.94. The molecule has 1 heterocycles. The second-order valence-corrected chi connectivity index (χ2v) is 5.68. The Bertz CT molecular complexity index is 720. The fourth-order valence-electron chi connectivity index (χ4n) is 2.48. The summed E-state index contributed by atoms with van der Waals surface area (Å²) in [5, 5.41) is 4.35. The van der Waals surface area contributed by atoms with E-state index in [4.69, 9.17) is 11.6 Å². The van der Waals surface area contributed by atoms with Gasteiger partial charge in [0.05, 0.1) is 6.04 Å². The SMILES string of the molecule is Cn1ccnc1C(NCc1ccc(Cl)cc1)c1ccccc1. The highest BCUT2D eigenvalue weighted by atomic mass is 35.5. The molecule has 0 saturated carbocycles. The summed E-state index contributed by atoms with van der Waals surface area (Å²) in [4.78, 5) is 4.50. The van der Waals surface area contributed by atoms with Crippen molar-refractivity contribution in [1.29, 1.82) is 0 Å². The largest absolute Gasteiger partial charge is 0.336 e. The van der Waals surface area contributed by atoms with Crippen LogP contribution in [-0.4, -0.2) is 9.55 Å². The van der Waals surface area contributed by atoms with E-state index in [-0.39, 0.29) is 6.04 Å². The summed E-state index contributed by atoms with van der Waals surface area (Å²) < 4.78 is 2.05. The maximum absolute atomic E-state index is 5.94. The Kier molecular flexibility index (Phi) is 4.56. The molecule has 112 valence electrons. The zero-order chi connectivity index (χ0) is 15.4. The first-order valence-corrected chi connectivity index (χ1v) is 7.62.